The summed E-state index contributed by atoms with van der Waals surface area (Å²) in [6.07, 6.45) is 2.06. The van der Waals surface area contributed by atoms with Crippen LogP contribution in [0.2, 0.25) is 0 Å². The lowest BCUT2D eigenvalue weighted by Crippen LogP contribution is -2.34. The number of aliphatic hydroxyl groups excluding tert-OH is 1. The Labute approximate surface area is 77.8 Å². The minimum atomic E-state index is -0.715. The van der Waals surface area contributed by atoms with E-state index in [0.29, 0.717) is 6.61 Å². The third-order valence-electron chi connectivity index (χ3n) is 2.25. The van der Waals surface area contributed by atoms with Gasteiger partial charge in [0, 0.05) is 6.61 Å². The molecule has 13 heavy (non-hydrogen) atoms. The van der Waals surface area contributed by atoms with Gasteiger partial charge in [-0.3, -0.25) is 4.79 Å². The van der Waals surface area contributed by atoms with Crippen LogP contribution >= 0.6 is 0 Å². The molecular formula is C9H16O4. The summed E-state index contributed by atoms with van der Waals surface area (Å²) in [6, 6.07) is 0. The van der Waals surface area contributed by atoms with Gasteiger partial charge in [0.2, 0.25) is 0 Å². The van der Waals surface area contributed by atoms with Crippen molar-refractivity contribution in [2.75, 3.05) is 13.7 Å². The molecular weight excluding hydrogens is 172 g/mol. The van der Waals surface area contributed by atoms with Crippen LogP contribution in [0.25, 0.3) is 0 Å². The minimum absolute atomic E-state index is 0.0289. The Morgan fingerprint density at radius 1 is 1.69 bits per heavy atom. The van der Waals surface area contributed by atoms with Gasteiger partial charge in [-0.25, -0.2) is 0 Å². The maximum atomic E-state index is 10.8. The van der Waals surface area contributed by atoms with E-state index in [4.69, 9.17) is 4.74 Å². The lowest BCUT2D eigenvalue weighted by Gasteiger charge is -2.26. The van der Waals surface area contributed by atoms with Crippen molar-refractivity contribution in [1.29, 1.82) is 0 Å². The highest BCUT2D eigenvalue weighted by molar-refractivity contribution is 5.69. The molecule has 1 aliphatic heterocycles. The molecule has 0 aliphatic carbocycles. The zero-order valence-corrected chi connectivity index (χ0v) is 7.86. The Kier molecular flexibility index (Phi) is 4.18. The molecule has 0 saturated carbocycles. The van der Waals surface area contributed by atoms with Gasteiger partial charge in [0.05, 0.1) is 25.7 Å². The molecule has 4 heteroatoms. The molecule has 0 aromatic carbocycles. The lowest BCUT2D eigenvalue weighted by atomic mass is 10.0. The van der Waals surface area contributed by atoms with Crippen molar-refractivity contribution < 1.29 is 19.4 Å². The van der Waals surface area contributed by atoms with E-state index < -0.39 is 6.10 Å². The fraction of sp³-hybridized carbons (Fsp3) is 0.889. The quantitative estimate of drug-likeness (QED) is 0.654. The number of methoxy groups -OCH3 is 1. The summed E-state index contributed by atoms with van der Waals surface area (Å²) >= 11 is 0. The Balaban J connectivity index is 2.28. The van der Waals surface area contributed by atoms with Crippen LogP contribution in [0, 0.1) is 0 Å². The maximum absolute atomic E-state index is 10.8. The van der Waals surface area contributed by atoms with Crippen LogP contribution in [0.15, 0.2) is 0 Å². The van der Waals surface area contributed by atoms with Crippen molar-refractivity contribution in [3.63, 3.8) is 0 Å². The Hall–Kier alpha value is -0.610. The first-order valence-corrected chi connectivity index (χ1v) is 4.60. The van der Waals surface area contributed by atoms with Crippen LogP contribution in [-0.2, 0) is 14.3 Å². The van der Waals surface area contributed by atoms with Crippen molar-refractivity contribution in [3.8, 4) is 0 Å². The van der Waals surface area contributed by atoms with Crippen molar-refractivity contribution in [1.82, 2.24) is 0 Å². The molecule has 1 aliphatic rings. The Morgan fingerprint density at radius 3 is 3.00 bits per heavy atom. The topological polar surface area (TPSA) is 55.8 Å². The van der Waals surface area contributed by atoms with Crippen LogP contribution in [0.1, 0.15) is 25.7 Å². The molecule has 1 N–H and O–H groups in total. The number of carbonyl (C=O) groups excluding carboxylic acids is 1. The first-order chi connectivity index (χ1) is 6.24. The van der Waals surface area contributed by atoms with Gasteiger partial charge in [-0.1, -0.05) is 0 Å². The number of rotatable bonds is 3. The highest BCUT2D eigenvalue weighted by Gasteiger charge is 2.24. The predicted octanol–water partition coefficient (Wildman–Crippen LogP) is 0.479. The summed E-state index contributed by atoms with van der Waals surface area (Å²) in [5.41, 5.74) is 0. The molecule has 1 unspecified atom stereocenters. The molecule has 1 rings (SSSR count). The van der Waals surface area contributed by atoms with E-state index in [9.17, 15) is 9.90 Å². The van der Waals surface area contributed by atoms with E-state index in [1.807, 2.05) is 0 Å². The van der Waals surface area contributed by atoms with Crippen LogP contribution in [0.4, 0.5) is 0 Å². The second kappa shape index (κ2) is 5.19. The highest BCUT2D eigenvalue weighted by atomic mass is 16.5. The van der Waals surface area contributed by atoms with Crippen molar-refractivity contribution in [3.05, 3.63) is 0 Å². The SMILES string of the molecule is COC(=O)C[C@@H](O)C1CCCCO1. The molecule has 1 saturated heterocycles. The van der Waals surface area contributed by atoms with E-state index in [-0.39, 0.29) is 18.5 Å². The fourth-order valence-electron chi connectivity index (χ4n) is 1.45. The Morgan fingerprint density at radius 2 is 2.46 bits per heavy atom. The molecule has 2 atom stereocenters. The van der Waals surface area contributed by atoms with Crippen molar-refractivity contribution >= 4 is 5.97 Å². The largest absolute Gasteiger partial charge is 0.469 e. The molecule has 0 amide bonds. The van der Waals surface area contributed by atoms with Gasteiger partial charge in [0.25, 0.3) is 0 Å². The molecule has 0 aromatic heterocycles. The Bertz CT molecular complexity index is 163. The first kappa shape index (κ1) is 10.5. The molecule has 1 heterocycles. The third-order valence-corrected chi connectivity index (χ3v) is 2.25. The van der Waals surface area contributed by atoms with E-state index in [1.165, 1.54) is 7.11 Å². The van der Waals surface area contributed by atoms with Gasteiger partial charge >= 0.3 is 5.97 Å². The van der Waals surface area contributed by atoms with Gasteiger partial charge in [-0.15, -0.1) is 0 Å². The van der Waals surface area contributed by atoms with Gasteiger partial charge in [0.1, 0.15) is 0 Å². The van der Waals surface area contributed by atoms with E-state index in [1.54, 1.807) is 0 Å². The molecule has 1 fully saturated rings. The lowest BCUT2D eigenvalue weighted by molar-refractivity contribution is -0.146. The summed E-state index contributed by atoms with van der Waals surface area (Å²) in [7, 11) is 1.32. The summed E-state index contributed by atoms with van der Waals surface area (Å²) in [6.45, 7) is 0.683. The van der Waals surface area contributed by atoms with Crippen molar-refractivity contribution in [2.45, 2.75) is 37.9 Å². The first-order valence-electron chi connectivity index (χ1n) is 4.60. The zero-order chi connectivity index (χ0) is 9.68. The summed E-state index contributed by atoms with van der Waals surface area (Å²) in [4.78, 5) is 10.8. The number of esters is 1. The average Bonchev–Trinajstić information content (AvgIpc) is 2.19. The summed E-state index contributed by atoms with van der Waals surface area (Å²) in [5, 5.41) is 9.55. The standard InChI is InChI=1S/C9H16O4/c1-12-9(11)6-7(10)8-4-2-3-5-13-8/h7-8,10H,2-6H2,1H3/t7-,8?/m1/s1. The van der Waals surface area contributed by atoms with Gasteiger partial charge < -0.3 is 14.6 Å². The number of hydrogen-bond acceptors (Lipinski definition) is 4. The smallest absolute Gasteiger partial charge is 0.308 e. The molecule has 0 bridgehead atoms. The molecule has 4 nitrogen and oxygen atoms in total. The second-order valence-electron chi connectivity index (χ2n) is 3.25. The maximum Gasteiger partial charge on any atom is 0.308 e. The average molecular weight is 188 g/mol. The normalized spacial score (nSPS) is 25.2. The van der Waals surface area contributed by atoms with E-state index in [2.05, 4.69) is 4.74 Å². The van der Waals surface area contributed by atoms with Crippen LogP contribution in [0.5, 0.6) is 0 Å². The van der Waals surface area contributed by atoms with E-state index >= 15 is 0 Å². The summed E-state index contributed by atoms with van der Waals surface area (Å²) in [5.74, 6) is -0.387. The van der Waals surface area contributed by atoms with Crippen LogP contribution in [-0.4, -0.2) is 37.0 Å². The van der Waals surface area contributed by atoms with Gasteiger partial charge in [-0.2, -0.15) is 0 Å². The van der Waals surface area contributed by atoms with Gasteiger partial charge in [-0.05, 0) is 19.3 Å². The van der Waals surface area contributed by atoms with E-state index in [0.717, 1.165) is 19.3 Å². The molecule has 0 radical (unpaired) electrons. The number of ether oxygens (including phenoxy) is 2. The van der Waals surface area contributed by atoms with Crippen molar-refractivity contribution in [2.24, 2.45) is 0 Å². The number of carbonyl (C=O) groups is 1. The highest BCUT2D eigenvalue weighted by Crippen LogP contribution is 2.17. The fourth-order valence-corrected chi connectivity index (χ4v) is 1.45. The molecule has 76 valence electrons. The monoisotopic (exact) mass is 188 g/mol. The molecule has 0 spiro atoms. The molecule has 0 aromatic rings. The summed E-state index contributed by atoms with van der Waals surface area (Å²) < 4.78 is 9.78. The second-order valence-corrected chi connectivity index (χ2v) is 3.25. The van der Waals surface area contributed by atoms with Crippen LogP contribution < -0.4 is 0 Å². The zero-order valence-electron chi connectivity index (χ0n) is 7.86. The van der Waals surface area contributed by atoms with Gasteiger partial charge in [0.15, 0.2) is 0 Å². The number of aliphatic hydroxyl groups is 1. The minimum Gasteiger partial charge on any atom is -0.469 e. The number of hydrogen-bond donors (Lipinski definition) is 1. The predicted molar refractivity (Wildman–Crippen MR) is 46.2 cm³/mol. The third kappa shape index (κ3) is 3.32. The van der Waals surface area contributed by atoms with Crippen LogP contribution in [0.3, 0.4) is 0 Å².